The summed E-state index contributed by atoms with van der Waals surface area (Å²) in [6, 6.07) is 5.65. The lowest BCUT2D eigenvalue weighted by Crippen LogP contribution is -2.50. The molecule has 0 unspecified atom stereocenters. The summed E-state index contributed by atoms with van der Waals surface area (Å²) in [5.74, 6) is 0.287. The van der Waals surface area contributed by atoms with E-state index in [1.165, 1.54) is 0 Å². The van der Waals surface area contributed by atoms with Crippen molar-refractivity contribution in [1.29, 1.82) is 0 Å². The van der Waals surface area contributed by atoms with Crippen LogP contribution in [0.2, 0.25) is 10.0 Å². The Labute approximate surface area is 140 Å². The summed E-state index contributed by atoms with van der Waals surface area (Å²) >= 11 is 12.2. The van der Waals surface area contributed by atoms with E-state index in [0.717, 1.165) is 12.1 Å². The number of carbonyl (C=O) groups excluding carboxylic acids is 1. The number of benzene rings is 1. The van der Waals surface area contributed by atoms with Crippen molar-refractivity contribution >= 4 is 29.1 Å². The number of hydrogen-bond donors (Lipinski definition) is 1. The Morgan fingerprint density at radius 1 is 1.32 bits per heavy atom. The quantitative estimate of drug-likeness (QED) is 0.897. The van der Waals surface area contributed by atoms with Gasteiger partial charge < -0.3 is 15.0 Å². The molecule has 22 heavy (non-hydrogen) atoms. The third-order valence-corrected chi connectivity index (χ3v) is 5.48. The van der Waals surface area contributed by atoms with Crippen LogP contribution in [0.25, 0.3) is 0 Å². The van der Waals surface area contributed by atoms with Gasteiger partial charge in [-0.05, 0) is 24.6 Å². The first-order valence-corrected chi connectivity index (χ1v) is 8.31. The molecule has 0 bridgehead atoms. The van der Waals surface area contributed by atoms with Gasteiger partial charge in [-0.1, -0.05) is 29.3 Å². The molecule has 0 aliphatic carbocycles. The highest BCUT2D eigenvalue weighted by Crippen LogP contribution is 2.42. The molecule has 2 aliphatic rings. The van der Waals surface area contributed by atoms with E-state index in [4.69, 9.17) is 27.9 Å². The molecule has 3 rings (SSSR count). The van der Waals surface area contributed by atoms with Crippen LogP contribution in [0.3, 0.4) is 0 Å². The summed E-state index contributed by atoms with van der Waals surface area (Å²) < 4.78 is 5.34. The Morgan fingerprint density at radius 2 is 2.05 bits per heavy atom. The molecule has 0 aromatic heterocycles. The third kappa shape index (κ3) is 2.85. The molecule has 0 saturated carbocycles. The van der Waals surface area contributed by atoms with Crippen LogP contribution in [0, 0.1) is 5.41 Å². The largest absolute Gasteiger partial charge is 0.378 e. The van der Waals surface area contributed by atoms with Gasteiger partial charge in [0.25, 0.3) is 0 Å². The molecule has 1 aromatic rings. The molecule has 2 fully saturated rings. The van der Waals surface area contributed by atoms with E-state index in [9.17, 15) is 4.79 Å². The predicted octanol–water partition coefficient (Wildman–Crippen LogP) is 2.55. The summed E-state index contributed by atoms with van der Waals surface area (Å²) in [6.45, 7) is 6.06. The zero-order valence-corrected chi connectivity index (χ0v) is 14.1. The maximum Gasteiger partial charge on any atom is 0.230 e. The van der Waals surface area contributed by atoms with Gasteiger partial charge in [-0.3, -0.25) is 4.79 Å². The normalized spacial score (nSPS) is 28.9. The summed E-state index contributed by atoms with van der Waals surface area (Å²) in [4.78, 5) is 14.9. The molecule has 6 heteroatoms. The molecule has 0 spiro atoms. The lowest BCUT2D eigenvalue weighted by Gasteiger charge is -2.37. The molecule has 0 radical (unpaired) electrons. The Kier molecular flexibility index (Phi) is 4.64. The average Bonchev–Trinajstić information content (AvgIpc) is 2.93. The van der Waals surface area contributed by atoms with Gasteiger partial charge in [0.15, 0.2) is 0 Å². The average molecular weight is 343 g/mol. The minimum atomic E-state index is -0.464. The lowest BCUT2D eigenvalue weighted by molar-refractivity contribution is -0.145. The number of hydrogen-bond acceptors (Lipinski definition) is 3. The first kappa shape index (κ1) is 16.1. The van der Waals surface area contributed by atoms with Crippen molar-refractivity contribution in [3.8, 4) is 0 Å². The van der Waals surface area contributed by atoms with Gasteiger partial charge in [0, 0.05) is 32.1 Å². The smallest absolute Gasteiger partial charge is 0.230 e. The molecular formula is C16H20Cl2N2O2. The highest BCUT2D eigenvalue weighted by atomic mass is 35.5. The zero-order chi connectivity index (χ0) is 15.7. The van der Waals surface area contributed by atoms with E-state index >= 15 is 0 Å². The monoisotopic (exact) mass is 342 g/mol. The maximum absolute atomic E-state index is 13.0. The standard InChI is InChI=1S/C16H20Cl2N2O2/c1-16(15(21)20-4-6-22-7-5-20)10-19-9-12(16)11-2-3-13(17)14(18)8-11/h2-3,8,12,19H,4-7,9-10H2,1H3/t12-,16-/m0/s1. The molecule has 2 aliphatic heterocycles. The van der Waals surface area contributed by atoms with Crippen molar-refractivity contribution in [3.05, 3.63) is 33.8 Å². The highest BCUT2D eigenvalue weighted by Gasteiger charge is 2.47. The number of morpholine rings is 1. The SMILES string of the molecule is C[C@]1(C(=O)N2CCOCC2)CNC[C@H]1c1ccc(Cl)c(Cl)c1. The van der Waals surface area contributed by atoms with Crippen molar-refractivity contribution in [2.75, 3.05) is 39.4 Å². The molecule has 120 valence electrons. The molecule has 2 heterocycles. The maximum atomic E-state index is 13.0. The second kappa shape index (κ2) is 6.36. The van der Waals surface area contributed by atoms with E-state index in [0.29, 0.717) is 42.9 Å². The molecule has 1 amide bonds. The van der Waals surface area contributed by atoms with Crippen molar-refractivity contribution in [2.24, 2.45) is 5.41 Å². The first-order valence-electron chi connectivity index (χ1n) is 7.55. The van der Waals surface area contributed by atoms with Crippen molar-refractivity contribution in [3.63, 3.8) is 0 Å². The van der Waals surface area contributed by atoms with Gasteiger partial charge in [-0.15, -0.1) is 0 Å². The van der Waals surface area contributed by atoms with Gasteiger partial charge in [0.05, 0.1) is 28.7 Å². The Hall–Kier alpha value is -0.810. The second-order valence-corrected chi connectivity index (χ2v) is 6.99. The fraction of sp³-hybridized carbons (Fsp3) is 0.562. The molecule has 2 saturated heterocycles. The van der Waals surface area contributed by atoms with Crippen LogP contribution in [-0.4, -0.2) is 50.2 Å². The van der Waals surface area contributed by atoms with Crippen LogP contribution in [0.5, 0.6) is 0 Å². The van der Waals surface area contributed by atoms with Crippen LogP contribution in [0.1, 0.15) is 18.4 Å². The fourth-order valence-corrected chi connectivity index (χ4v) is 3.70. The highest BCUT2D eigenvalue weighted by molar-refractivity contribution is 6.42. The molecule has 2 atom stereocenters. The first-order chi connectivity index (χ1) is 10.5. The Bertz CT molecular complexity index is 575. The van der Waals surface area contributed by atoms with Gasteiger partial charge in [-0.2, -0.15) is 0 Å². The number of nitrogens with one attached hydrogen (secondary N) is 1. The molecule has 4 nitrogen and oxygen atoms in total. The van der Waals surface area contributed by atoms with E-state index in [1.54, 1.807) is 6.07 Å². The number of ether oxygens (including phenoxy) is 1. The van der Waals surface area contributed by atoms with Gasteiger partial charge in [0.2, 0.25) is 5.91 Å². The number of rotatable bonds is 2. The number of amides is 1. The zero-order valence-electron chi connectivity index (χ0n) is 12.6. The summed E-state index contributed by atoms with van der Waals surface area (Å²) in [7, 11) is 0. The third-order valence-electron chi connectivity index (χ3n) is 4.74. The summed E-state index contributed by atoms with van der Waals surface area (Å²) in [5, 5.41) is 4.43. The molecular weight excluding hydrogens is 323 g/mol. The summed E-state index contributed by atoms with van der Waals surface area (Å²) in [5.41, 5.74) is 0.595. The van der Waals surface area contributed by atoms with Crippen LogP contribution in [0.4, 0.5) is 0 Å². The number of halogens is 2. The van der Waals surface area contributed by atoms with E-state index in [1.807, 2.05) is 24.0 Å². The van der Waals surface area contributed by atoms with Crippen molar-refractivity contribution in [1.82, 2.24) is 10.2 Å². The fourth-order valence-electron chi connectivity index (χ4n) is 3.39. The van der Waals surface area contributed by atoms with Gasteiger partial charge in [-0.25, -0.2) is 0 Å². The number of nitrogens with zero attached hydrogens (tertiary/aromatic N) is 1. The van der Waals surface area contributed by atoms with Crippen molar-refractivity contribution in [2.45, 2.75) is 12.8 Å². The summed E-state index contributed by atoms with van der Waals surface area (Å²) in [6.07, 6.45) is 0. The predicted molar refractivity (Wildman–Crippen MR) is 87.6 cm³/mol. The topological polar surface area (TPSA) is 41.6 Å². The Balaban J connectivity index is 1.87. The lowest BCUT2D eigenvalue weighted by atomic mass is 9.75. The van der Waals surface area contributed by atoms with Crippen LogP contribution >= 0.6 is 23.2 Å². The van der Waals surface area contributed by atoms with Crippen molar-refractivity contribution < 1.29 is 9.53 Å². The van der Waals surface area contributed by atoms with E-state index < -0.39 is 5.41 Å². The van der Waals surface area contributed by atoms with Gasteiger partial charge >= 0.3 is 0 Å². The molecule has 1 N–H and O–H groups in total. The van der Waals surface area contributed by atoms with E-state index in [2.05, 4.69) is 5.32 Å². The number of carbonyl (C=O) groups is 1. The van der Waals surface area contributed by atoms with Gasteiger partial charge in [0.1, 0.15) is 0 Å². The second-order valence-electron chi connectivity index (χ2n) is 6.18. The minimum absolute atomic E-state index is 0.0950. The molecule has 1 aromatic carbocycles. The van der Waals surface area contributed by atoms with Crippen LogP contribution in [-0.2, 0) is 9.53 Å². The Morgan fingerprint density at radius 3 is 2.73 bits per heavy atom. The van der Waals surface area contributed by atoms with Crippen LogP contribution < -0.4 is 5.32 Å². The van der Waals surface area contributed by atoms with E-state index in [-0.39, 0.29) is 11.8 Å². The minimum Gasteiger partial charge on any atom is -0.378 e. The van der Waals surface area contributed by atoms with Crippen LogP contribution in [0.15, 0.2) is 18.2 Å².